The predicted molar refractivity (Wildman–Crippen MR) is 133 cm³/mol. The van der Waals surface area contributed by atoms with Crippen molar-refractivity contribution in [2.75, 3.05) is 32.0 Å². The van der Waals surface area contributed by atoms with E-state index in [-0.39, 0.29) is 35.8 Å². The van der Waals surface area contributed by atoms with Gasteiger partial charge in [0.25, 0.3) is 0 Å². The zero-order chi connectivity index (χ0) is 21.9. The first-order valence-corrected chi connectivity index (χ1v) is 9.92. The lowest BCUT2D eigenvalue weighted by Gasteiger charge is -2.19. The van der Waals surface area contributed by atoms with Crippen molar-refractivity contribution in [1.29, 1.82) is 0 Å². The smallest absolute Gasteiger partial charge is 0.412 e. The van der Waals surface area contributed by atoms with Gasteiger partial charge in [-0.15, -0.1) is 24.0 Å². The summed E-state index contributed by atoms with van der Waals surface area (Å²) in [7, 11) is 1.71. The highest BCUT2D eigenvalue weighted by atomic mass is 127. The molecule has 0 aliphatic heterocycles. The molecule has 0 aromatic heterocycles. The molecule has 0 unspecified atom stereocenters. The highest BCUT2D eigenvalue weighted by Gasteiger charge is 2.16. The Labute approximate surface area is 197 Å². The number of guanidine groups is 1. The van der Waals surface area contributed by atoms with Crippen LogP contribution in [-0.4, -0.2) is 50.2 Å². The Balaban J connectivity index is 0.00000841. The number of rotatable bonds is 8. The van der Waals surface area contributed by atoms with Crippen molar-refractivity contribution in [3.8, 4) is 0 Å². The van der Waals surface area contributed by atoms with Crippen LogP contribution in [0, 0.1) is 5.92 Å². The van der Waals surface area contributed by atoms with Gasteiger partial charge in [-0.25, -0.2) is 4.79 Å². The average Bonchev–Trinajstić information content (AvgIpc) is 2.63. The maximum atomic E-state index is 11.8. The highest BCUT2D eigenvalue weighted by molar-refractivity contribution is 14.0. The Kier molecular flexibility index (Phi) is 13.1. The molecule has 0 spiro atoms. The van der Waals surface area contributed by atoms with E-state index in [1.807, 2.05) is 58.9 Å². The average molecular weight is 533 g/mol. The number of amides is 2. The van der Waals surface area contributed by atoms with Gasteiger partial charge in [-0.3, -0.25) is 15.1 Å². The quantitative estimate of drug-likeness (QED) is 0.178. The van der Waals surface area contributed by atoms with Crippen molar-refractivity contribution in [1.82, 2.24) is 16.0 Å². The van der Waals surface area contributed by atoms with E-state index in [1.165, 1.54) is 0 Å². The summed E-state index contributed by atoms with van der Waals surface area (Å²) in [6, 6.07) is 7.63. The number of ether oxygens (including phenoxy) is 1. The highest BCUT2D eigenvalue weighted by Crippen LogP contribution is 2.13. The molecule has 8 nitrogen and oxygen atoms in total. The van der Waals surface area contributed by atoms with Crippen LogP contribution in [0.15, 0.2) is 29.3 Å². The Bertz CT molecular complexity index is 685. The normalized spacial score (nSPS) is 11.4. The topological polar surface area (TPSA) is 104 Å². The second-order valence-electron chi connectivity index (χ2n) is 7.95. The number of nitrogens with one attached hydrogen (secondary N) is 4. The minimum Gasteiger partial charge on any atom is -0.444 e. The molecule has 0 saturated carbocycles. The Morgan fingerprint density at radius 3 is 2.10 bits per heavy atom. The lowest BCUT2D eigenvalue weighted by molar-refractivity contribution is -0.123. The summed E-state index contributed by atoms with van der Waals surface area (Å²) in [5.74, 6) is 0.713. The van der Waals surface area contributed by atoms with Crippen LogP contribution >= 0.6 is 24.0 Å². The molecule has 0 bridgehead atoms. The molecule has 1 aromatic carbocycles. The summed E-state index contributed by atoms with van der Waals surface area (Å²) in [6.45, 7) is 11.1. The minimum atomic E-state index is -0.526. The van der Waals surface area contributed by atoms with Crippen molar-refractivity contribution in [2.45, 2.75) is 46.6 Å². The standard InChI is InChI=1S/C21H35N5O3.HI/c1-15(2)18(27)23-13-14-25-19(22-6)24-12-11-16-7-9-17(10-8-16)26-20(28)29-21(3,4)5;/h7-10,15H,11-14H2,1-6H3,(H,23,27)(H,26,28)(H2,22,24,25);1H. The number of benzene rings is 1. The van der Waals surface area contributed by atoms with Crippen molar-refractivity contribution in [3.63, 3.8) is 0 Å². The van der Waals surface area contributed by atoms with Gasteiger partial charge in [-0.05, 0) is 44.9 Å². The molecule has 30 heavy (non-hydrogen) atoms. The molecule has 0 saturated heterocycles. The van der Waals surface area contributed by atoms with Crippen molar-refractivity contribution < 1.29 is 14.3 Å². The molecule has 0 radical (unpaired) electrons. The second-order valence-corrected chi connectivity index (χ2v) is 7.95. The Hall–Kier alpha value is -2.04. The molecule has 170 valence electrons. The SMILES string of the molecule is CN=C(NCCNC(=O)C(C)C)NCCc1ccc(NC(=O)OC(C)(C)C)cc1.I. The number of carbonyl (C=O) groups excluding carboxylic acids is 2. The summed E-state index contributed by atoms with van der Waals surface area (Å²) >= 11 is 0. The second kappa shape index (κ2) is 14.1. The van der Waals surface area contributed by atoms with Crippen LogP contribution in [0.4, 0.5) is 10.5 Å². The van der Waals surface area contributed by atoms with Crippen LogP contribution in [0.25, 0.3) is 0 Å². The van der Waals surface area contributed by atoms with E-state index < -0.39 is 11.7 Å². The molecule has 0 heterocycles. The first-order chi connectivity index (χ1) is 13.6. The van der Waals surface area contributed by atoms with E-state index in [1.54, 1.807) is 7.05 Å². The molecule has 0 fully saturated rings. The maximum Gasteiger partial charge on any atom is 0.412 e. The third kappa shape index (κ3) is 12.5. The third-order valence-electron chi connectivity index (χ3n) is 3.77. The summed E-state index contributed by atoms with van der Waals surface area (Å²) in [5.41, 5.74) is 1.30. The summed E-state index contributed by atoms with van der Waals surface area (Å²) < 4.78 is 5.24. The number of hydrogen-bond acceptors (Lipinski definition) is 4. The van der Waals surface area contributed by atoms with Crippen molar-refractivity contribution in [2.24, 2.45) is 10.9 Å². The summed E-state index contributed by atoms with van der Waals surface area (Å²) in [6.07, 6.45) is 0.337. The molecule has 9 heteroatoms. The van der Waals surface area contributed by atoms with Gasteiger partial charge in [0.05, 0.1) is 0 Å². The van der Waals surface area contributed by atoms with Gasteiger partial charge in [-0.1, -0.05) is 26.0 Å². The predicted octanol–water partition coefficient (Wildman–Crippen LogP) is 3.13. The molecule has 0 aliphatic carbocycles. The number of nitrogens with zero attached hydrogens (tertiary/aromatic N) is 1. The van der Waals surface area contributed by atoms with Crippen molar-refractivity contribution >= 4 is 47.6 Å². The van der Waals surface area contributed by atoms with Crippen LogP contribution in [0.5, 0.6) is 0 Å². The fraction of sp³-hybridized carbons (Fsp3) is 0.571. The number of anilines is 1. The van der Waals surface area contributed by atoms with Gasteiger partial charge < -0.3 is 20.7 Å². The third-order valence-corrected chi connectivity index (χ3v) is 3.77. The molecular formula is C21H36IN5O3. The summed E-state index contributed by atoms with van der Waals surface area (Å²) in [4.78, 5) is 27.5. The number of aliphatic imine (C=N–C) groups is 1. The molecule has 0 atom stereocenters. The van der Waals surface area contributed by atoms with E-state index in [9.17, 15) is 9.59 Å². The zero-order valence-electron chi connectivity index (χ0n) is 18.8. The van der Waals surface area contributed by atoms with E-state index in [0.717, 1.165) is 12.0 Å². The largest absolute Gasteiger partial charge is 0.444 e. The lowest BCUT2D eigenvalue weighted by atomic mass is 10.1. The van der Waals surface area contributed by atoms with Gasteiger partial charge in [0, 0.05) is 38.3 Å². The van der Waals surface area contributed by atoms with E-state index in [2.05, 4.69) is 26.3 Å². The monoisotopic (exact) mass is 533 g/mol. The maximum absolute atomic E-state index is 11.8. The first-order valence-electron chi connectivity index (χ1n) is 9.92. The number of halogens is 1. The fourth-order valence-corrected chi connectivity index (χ4v) is 2.29. The van der Waals surface area contributed by atoms with Crippen LogP contribution in [0.1, 0.15) is 40.2 Å². The zero-order valence-corrected chi connectivity index (χ0v) is 21.1. The molecule has 1 rings (SSSR count). The molecule has 2 amide bonds. The molecule has 4 N–H and O–H groups in total. The van der Waals surface area contributed by atoms with Crippen LogP contribution < -0.4 is 21.3 Å². The van der Waals surface area contributed by atoms with Gasteiger partial charge in [0.2, 0.25) is 5.91 Å². The molecular weight excluding hydrogens is 497 g/mol. The van der Waals surface area contributed by atoms with Crippen molar-refractivity contribution in [3.05, 3.63) is 29.8 Å². The van der Waals surface area contributed by atoms with Gasteiger partial charge in [0.1, 0.15) is 5.60 Å². The molecule has 0 aliphatic rings. The Morgan fingerprint density at radius 1 is 1.00 bits per heavy atom. The lowest BCUT2D eigenvalue weighted by Crippen LogP contribution is -2.42. The van der Waals surface area contributed by atoms with E-state index >= 15 is 0 Å². The van der Waals surface area contributed by atoms with E-state index in [0.29, 0.717) is 31.3 Å². The summed E-state index contributed by atoms with van der Waals surface area (Å²) in [5, 5.41) is 12.0. The van der Waals surface area contributed by atoms with Crippen LogP contribution in [0.2, 0.25) is 0 Å². The fourth-order valence-electron chi connectivity index (χ4n) is 2.29. The van der Waals surface area contributed by atoms with Crippen LogP contribution in [-0.2, 0) is 16.0 Å². The first kappa shape index (κ1) is 28.0. The van der Waals surface area contributed by atoms with Crippen LogP contribution in [0.3, 0.4) is 0 Å². The number of hydrogen-bond donors (Lipinski definition) is 4. The van der Waals surface area contributed by atoms with E-state index in [4.69, 9.17) is 4.74 Å². The Morgan fingerprint density at radius 2 is 1.57 bits per heavy atom. The van der Waals surface area contributed by atoms with Gasteiger partial charge in [0.15, 0.2) is 5.96 Å². The van der Waals surface area contributed by atoms with Gasteiger partial charge in [-0.2, -0.15) is 0 Å². The number of carbonyl (C=O) groups is 2. The minimum absolute atomic E-state index is 0. The molecule has 1 aromatic rings. The van der Waals surface area contributed by atoms with Gasteiger partial charge >= 0.3 is 6.09 Å².